The van der Waals surface area contributed by atoms with Crippen LogP contribution in [0.15, 0.2) is 18.2 Å². The monoisotopic (exact) mass is 249 g/mol. The average molecular weight is 249 g/mol. The fraction of sp³-hybridized carbons (Fsp3) is 0.462. The Morgan fingerprint density at radius 3 is 2.56 bits per heavy atom. The standard InChI is InChI=1S/C13H15NO4/c15-11-4-14(5-12(11)16)13(17)8-1-2-9-6-18-7-10(9)3-8/h1-3,11-12,15-16H,4-7H2. The third-order valence-electron chi connectivity index (χ3n) is 3.51. The Balaban J connectivity index is 1.81. The summed E-state index contributed by atoms with van der Waals surface area (Å²) in [5, 5.41) is 18.9. The van der Waals surface area contributed by atoms with Crippen LogP contribution in [-0.2, 0) is 18.0 Å². The van der Waals surface area contributed by atoms with Gasteiger partial charge in [0.1, 0.15) is 0 Å². The van der Waals surface area contributed by atoms with E-state index in [4.69, 9.17) is 4.74 Å². The first-order chi connectivity index (χ1) is 8.65. The Morgan fingerprint density at radius 2 is 1.83 bits per heavy atom. The Kier molecular flexibility index (Phi) is 2.81. The van der Waals surface area contributed by atoms with E-state index in [2.05, 4.69) is 0 Å². The first-order valence-corrected chi connectivity index (χ1v) is 6.00. The van der Waals surface area contributed by atoms with Crippen LogP contribution in [0.2, 0.25) is 0 Å². The van der Waals surface area contributed by atoms with Gasteiger partial charge in [0, 0.05) is 18.7 Å². The van der Waals surface area contributed by atoms with E-state index in [9.17, 15) is 15.0 Å². The maximum absolute atomic E-state index is 12.2. The van der Waals surface area contributed by atoms with Crippen LogP contribution in [0.3, 0.4) is 0 Å². The number of rotatable bonds is 1. The molecule has 0 aliphatic carbocycles. The van der Waals surface area contributed by atoms with Gasteiger partial charge in [-0.2, -0.15) is 0 Å². The van der Waals surface area contributed by atoms with E-state index < -0.39 is 12.2 Å². The number of aliphatic hydroxyl groups is 2. The zero-order valence-corrected chi connectivity index (χ0v) is 9.87. The first-order valence-electron chi connectivity index (χ1n) is 6.00. The second-order valence-corrected chi connectivity index (χ2v) is 4.82. The number of nitrogens with zero attached hydrogens (tertiary/aromatic N) is 1. The van der Waals surface area contributed by atoms with E-state index >= 15 is 0 Å². The van der Waals surface area contributed by atoms with Crippen molar-refractivity contribution in [3.05, 3.63) is 34.9 Å². The van der Waals surface area contributed by atoms with Crippen molar-refractivity contribution in [2.24, 2.45) is 0 Å². The van der Waals surface area contributed by atoms with Gasteiger partial charge >= 0.3 is 0 Å². The number of carbonyl (C=O) groups is 1. The van der Waals surface area contributed by atoms with Crippen LogP contribution < -0.4 is 0 Å². The molecule has 1 amide bonds. The predicted molar refractivity (Wildman–Crippen MR) is 62.9 cm³/mol. The molecular formula is C13H15NO4. The van der Waals surface area contributed by atoms with Gasteiger partial charge < -0.3 is 19.8 Å². The molecule has 3 rings (SSSR count). The number of carbonyl (C=O) groups excluding carboxylic acids is 1. The highest BCUT2D eigenvalue weighted by molar-refractivity contribution is 5.94. The summed E-state index contributed by atoms with van der Waals surface area (Å²) in [5.74, 6) is -0.152. The maximum atomic E-state index is 12.2. The summed E-state index contributed by atoms with van der Waals surface area (Å²) >= 11 is 0. The summed E-state index contributed by atoms with van der Waals surface area (Å²) in [6.07, 6.45) is -1.68. The number of aliphatic hydroxyl groups excluding tert-OH is 2. The average Bonchev–Trinajstić information content (AvgIpc) is 2.95. The van der Waals surface area contributed by atoms with E-state index in [1.165, 1.54) is 4.90 Å². The van der Waals surface area contributed by atoms with Crippen molar-refractivity contribution < 1.29 is 19.7 Å². The van der Waals surface area contributed by atoms with Crippen molar-refractivity contribution in [2.75, 3.05) is 13.1 Å². The third kappa shape index (κ3) is 1.90. The molecule has 0 saturated carbocycles. The molecule has 5 heteroatoms. The van der Waals surface area contributed by atoms with E-state index in [-0.39, 0.29) is 19.0 Å². The molecule has 18 heavy (non-hydrogen) atoms. The van der Waals surface area contributed by atoms with Gasteiger partial charge in [-0.25, -0.2) is 0 Å². The Hall–Kier alpha value is -1.43. The number of hydrogen-bond acceptors (Lipinski definition) is 4. The molecule has 2 aliphatic rings. The van der Waals surface area contributed by atoms with Gasteiger partial charge in [-0.1, -0.05) is 6.07 Å². The van der Waals surface area contributed by atoms with Gasteiger partial charge in [0.15, 0.2) is 0 Å². The molecule has 5 nitrogen and oxygen atoms in total. The van der Waals surface area contributed by atoms with Crippen molar-refractivity contribution in [3.8, 4) is 0 Å². The van der Waals surface area contributed by atoms with Crippen molar-refractivity contribution in [1.82, 2.24) is 4.90 Å². The fourth-order valence-electron chi connectivity index (χ4n) is 2.42. The highest BCUT2D eigenvalue weighted by Gasteiger charge is 2.33. The number of amides is 1. The summed E-state index contributed by atoms with van der Waals surface area (Å²) < 4.78 is 5.30. The van der Waals surface area contributed by atoms with Crippen molar-refractivity contribution in [2.45, 2.75) is 25.4 Å². The number of ether oxygens (including phenoxy) is 1. The zero-order valence-electron chi connectivity index (χ0n) is 9.87. The van der Waals surface area contributed by atoms with Crippen LogP contribution >= 0.6 is 0 Å². The number of likely N-dealkylation sites (tertiary alicyclic amines) is 1. The Bertz CT molecular complexity index is 478. The molecule has 0 radical (unpaired) electrons. The molecule has 1 aromatic carbocycles. The highest BCUT2D eigenvalue weighted by Crippen LogP contribution is 2.22. The molecule has 1 aromatic rings. The van der Waals surface area contributed by atoms with Gasteiger partial charge in [-0.3, -0.25) is 4.79 Å². The van der Waals surface area contributed by atoms with Gasteiger partial charge in [0.25, 0.3) is 5.91 Å². The number of benzene rings is 1. The van der Waals surface area contributed by atoms with Crippen LogP contribution in [0.5, 0.6) is 0 Å². The van der Waals surface area contributed by atoms with E-state index in [1.807, 2.05) is 12.1 Å². The summed E-state index contributed by atoms with van der Waals surface area (Å²) in [7, 11) is 0. The molecule has 1 saturated heterocycles. The molecule has 0 aromatic heterocycles. The van der Waals surface area contributed by atoms with E-state index in [1.54, 1.807) is 6.07 Å². The highest BCUT2D eigenvalue weighted by atomic mass is 16.5. The molecule has 2 N–H and O–H groups in total. The lowest BCUT2D eigenvalue weighted by molar-refractivity contribution is 0.0572. The van der Waals surface area contributed by atoms with Gasteiger partial charge in [0.2, 0.25) is 0 Å². The summed E-state index contributed by atoms with van der Waals surface area (Å²) in [5.41, 5.74) is 2.75. The van der Waals surface area contributed by atoms with Gasteiger partial charge in [0.05, 0.1) is 25.4 Å². The smallest absolute Gasteiger partial charge is 0.254 e. The van der Waals surface area contributed by atoms with Gasteiger partial charge in [-0.15, -0.1) is 0 Å². The first kappa shape index (κ1) is 11.6. The minimum atomic E-state index is -0.841. The number of fused-ring (bicyclic) bond motifs is 1. The summed E-state index contributed by atoms with van der Waals surface area (Å²) in [4.78, 5) is 13.7. The quantitative estimate of drug-likeness (QED) is 0.729. The lowest BCUT2D eigenvalue weighted by Gasteiger charge is -2.15. The minimum absolute atomic E-state index is 0.152. The largest absolute Gasteiger partial charge is 0.388 e. The van der Waals surface area contributed by atoms with Gasteiger partial charge in [-0.05, 0) is 23.3 Å². The van der Waals surface area contributed by atoms with Crippen LogP contribution in [0.4, 0.5) is 0 Å². The molecule has 2 unspecified atom stereocenters. The SMILES string of the molecule is O=C(c1ccc2c(c1)COC2)N1CC(O)C(O)C1. The fourth-order valence-corrected chi connectivity index (χ4v) is 2.42. The Morgan fingerprint density at radius 1 is 1.17 bits per heavy atom. The molecule has 2 atom stereocenters. The summed E-state index contributed by atoms with van der Waals surface area (Å²) in [6, 6.07) is 5.51. The molecule has 2 heterocycles. The number of β-amino-alcohol motifs (C(OH)–C–C–N with tert-alkyl or cyclic N) is 2. The molecule has 1 fully saturated rings. The van der Waals surface area contributed by atoms with Crippen LogP contribution in [0, 0.1) is 0 Å². The lowest BCUT2D eigenvalue weighted by Crippen LogP contribution is -2.29. The minimum Gasteiger partial charge on any atom is -0.388 e. The normalized spacial score (nSPS) is 26.4. The van der Waals surface area contributed by atoms with Crippen molar-refractivity contribution >= 4 is 5.91 Å². The van der Waals surface area contributed by atoms with Crippen molar-refractivity contribution in [1.29, 1.82) is 0 Å². The van der Waals surface area contributed by atoms with Crippen LogP contribution in [0.25, 0.3) is 0 Å². The zero-order chi connectivity index (χ0) is 12.7. The molecule has 96 valence electrons. The van der Waals surface area contributed by atoms with Crippen LogP contribution in [0.1, 0.15) is 21.5 Å². The Labute approximate surface area is 105 Å². The van der Waals surface area contributed by atoms with E-state index in [0.29, 0.717) is 18.8 Å². The summed E-state index contributed by atoms with van der Waals surface area (Å²) in [6.45, 7) is 1.52. The third-order valence-corrected chi connectivity index (χ3v) is 3.51. The van der Waals surface area contributed by atoms with Crippen LogP contribution in [-0.4, -0.2) is 46.3 Å². The molecular weight excluding hydrogens is 234 g/mol. The topological polar surface area (TPSA) is 70.0 Å². The molecule has 2 aliphatic heterocycles. The van der Waals surface area contributed by atoms with E-state index in [0.717, 1.165) is 11.1 Å². The number of hydrogen-bond donors (Lipinski definition) is 2. The second kappa shape index (κ2) is 4.35. The maximum Gasteiger partial charge on any atom is 0.254 e. The molecule has 0 bridgehead atoms. The lowest BCUT2D eigenvalue weighted by atomic mass is 10.1. The second-order valence-electron chi connectivity index (χ2n) is 4.82. The van der Waals surface area contributed by atoms with Crippen molar-refractivity contribution in [3.63, 3.8) is 0 Å². The predicted octanol–water partition coefficient (Wildman–Crippen LogP) is -0.106. The molecule has 0 spiro atoms.